The van der Waals surface area contributed by atoms with E-state index in [1.54, 1.807) is 0 Å². The van der Waals surface area contributed by atoms with Gasteiger partial charge in [0.25, 0.3) is 0 Å². The van der Waals surface area contributed by atoms with Crippen molar-refractivity contribution in [3.8, 4) is 0 Å². The Hall–Kier alpha value is -0.830. The van der Waals surface area contributed by atoms with E-state index < -0.39 is 0 Å². The molecule has 1 atom stereocenters. The van der Waals surface area contributed by atoms with Crippen LogP contribution in [0.25, 0.3) is 0 Å². The first-order valence-corrected chi connectivity index (χ1v) is 7.95. The van der Waals surface area contributed by atoms with Crippen LogP contribution in [0.4, 0.5) is 0 Å². The van der Waals surface area contributed by atoms with Gasteiger partial charge in [-0.1, -0.05) is 66.9 Å². The second-order valence-electron chi connectivity index (χ2n) is 5.00. The fourth-order valence-electron chi connectivity index (χ4n) is 2.22. The lowest BCUT2D eigenvalue weighted by molar-refractivity contribution is -0.120. The molecule has 0 aliphatic carbocycles. The zero-order valence-electron chi connectivity index (χ0n) is 12.1. The molecule has 0 saturated carbocycles. The van der Waals surface area contributed by atoms with Gasteiger partial charge in [0, 0.05) is 11.4 Å². The second-order valence-corrected chi connectivity index (χ2v) is 6.18. The average molecular weight is 326 g/mol. The summed E-state index contributed by atoms with van der Waals surface area (Å²) >= 11 is 3.68. The quantitative estimate of drug-likeness (QED) is 0.758. The summed E-state index contributed by atoms with van der Waals surface area (Å²) in [6, 6.07) is 8.03. The lowest BCUT2D eigenvalue weighted by atomic mass is 9.99. The highest BCUT2D eigenvalue weighted by Gasteiger charge is 2.16. The minimum atomic E-state index is 0.102. The molecule has 2 nitrogen and oxygen atoms in total. The number of carbonyl (C=O) groups is 1. The predicted molar refractivity (Wildman–Crippen MR) is 84.7 cm³/mol. The summed E-state index contributed by atoms with van der Waals surface area (Å²) in [7, 11) is 0. The van der Waals surface area contributed by atoms with E-state index in [0.29, 0.717) is 23.7 Å². The Morgan fingerprint density at radius 2 is 1.89 bits per heavy atom. The molecule has 1 aromatic carbocycles. The molecule has 0 radical (unpaired) electrons. The first kappa shape index (κ1) is 16.2. The number of alkyl halides is 1. The summed E-state index contributed by atoms with van der Waals surface area (Å²) in [5.41, 5.74) is 2.28. The smallest absolute Gasteiger partial charge is 0.224 e. The molecule has 1 amide bonds. The maximum absolute atomic E-state index is 11.9. The molecule has 1 N–H and O–H groups in total. The Balaban J connectivity index is 2.42. The van der Waals surface area contributed by atoms with Crippen LogP contribution in [0.1, 0.15) is 37.8 Å². The van der Waals surface area contributed by atoms with Gasteiger partial charge in [-0.05, 0) is 24.0 Å². The number of aryl methyl sites for hydroxylation is 1. The molecule has 106 valence electrons. The van der Waals surface area contributed by atoms with Gasteiger partial charge in [-0.25, -0.2) is 0 Å². The van der Waals surface area contributed by atoms with Gasteiger partial charge in [0.1, 0.15) is 0 Å². The molecule has 0 heterocycles. The summed E-state index contributed by atoms with van der Waals surface area (Å²) in [6.07, 6.45) is 2.75. The summed E-state index contributed by atoms with van der Waals surface area (Å²) in [5.74, 6) is 0.725. The van der Waals surface area contributed by atoms with Crippen molar-refractivity contribution in [1.29, 1.82) is 0 Å². The van der Waals surface area contributed by atoms with Crippen molar-refractivity contribution in [3.63, 3.8) is 0 Å². The zero-order chi connectivity index (χ0) is 14.3. The molecule has 19 heavy (non-hydrogen) atoms. The Morgan fingerprint density at radius 3 is 2.47 bits per heavy atom. The molecule has 0 aliphatic heterocycles. The molecule has 1 aromatic rings. The standard InChI is InChI=1S/C16H24BrNO/c1-4-13(5-2)15(17)11-18-16(19)10-14-9-7-6-8-12(14)3/h6-9,13,15H,4-5,10-11H2,1-3H3,(H,18,19). The van der Waals surface area contributed by atoms with Crippen LogP contribution >= 0.6 is 15.9 Å². The fourth-order valence-corrected chi connectivity index (χ4v) is 3.13. The Morgan fingerprint density at radius 1 is 1.26 bits per heavy atom. The van der Waals surface area contributed by atoms with Gasteiger partial charge in [-0.3, -0.25) is 4.79 Å². The van der Waals surface area contributed by atoms with Crippen molar-refractivity contribution in [2.45, 2.75) is 44.9 Å². The highest BCUT2D eigenvalue weighted by atomic mass is 79.9. The normalized spacial score (nSPS) is 12.5. The second kappa shape index (κ2) is 8.36. The molecule has 1 unspecified atom stereocenters. The topological polar surface area (TPSA) is 29.1 Å². The first-order valence-electron chi connectivity index (χ1n) is 7.03. The maximum atomic E-state index is 11.9. The Kier molecular flexibility index (Phi) is 7.14. The highest BCUT2D eigenvalue weighted by molar-refractivity contribution is 9.09. The number of amides is 1. The van der Waals surface area contributed by atoms with Gasteiger partial charge in [0.05, 0.1) is 6.42 Å². The van der Waals surface area contributed by atoms with E-state index in [9.17, 15) is 4.79 Å². The number of carbonyl (C=O) groups excluding carboxylic acids is 1. The van der Waals surface area contributed by atoms with Crippen LogP contribution in [0, 0.1) is 12.8 Å². The van der Waals surface area contributed by atoms with E-state index in [4.69, 9.17) is 0 Å². The maximum Gasteiger partial charge on any atom is 0.224 e. The third-order valence-corrected chi connectivity index (χ3v) is 4.74. The minimum Gasteiger partial charge on any atom is -0.355 e. The van der Waals surface area contributed by atoms with E-state index in [-0.39, 0.29) is 5.91 Å². The number of hydrogen-bond donors (Lipinski definition) is 1. The van der Waals surface area contributed by atoms with Crippen molar-refractivity contribution in [2.75, 3.05) is 6.54 Å². The lowest BCUT2D eigenvalue weighted by Crippen LogP contribution is -2.33. The first-order chi connectivity index (χ1) is 9.08. The van der Waals surface area contributed by atoms with Crippen molar-refractivity contribution in [1.82, 2.24) is 5.32 Å². The number of halogens is 1. The van der Waals surface area contributed by atoms with Crippen LogP contribution in [0.3, 0.4) is 0 Å². The van der Waals surface area contributed by atoms with E-state index in [1.165, 1.54) is 5.56 Å². The molecule has 0 saturated heterocycles. The molecular weight excluding hydrogens is 302 g/mol. The van der Waals surface area contributed by atoms with Crippen LogP contribution < -0.4 is 5.32 Å². The fraction of sp³-hybridized carbons (Fsp3) is 0.562. The third kappa shape index (κ3) is 5.35. The summed E-state index contributed by atoms with van der Waals surface area (Å²) in [6.45, 7) is 7.13. The summed E-state index contributed by atoms with van der Waals surface area (Å²) < 4.78 is 0. The number of benzene rings is 1. The van der Waals surface area contributed by atoms with Crippen molar-refractivity contribution in [3.05, 3.63) is 35.4 Å². The molecular formula is C16H24BrNO. The predicted octanol–water partition coefficient (Wildman–Crippen LogP) is 3.85. The van der Waals surface area contributed by atoms with Crippen LogP contribution in [-0.2, 0) is 11.2 Å². The van der Waals surface area contributed by atoms with Gasteiger partial charge < -0.3 is 5.32 Å². The van der Waals surface area contributed by atoms with E-state index >= 15 is 0 Å². The molecule has 0 bridgehead atoms. The van der Waals surface area contributed by atoms with Gasteiger partial charge in [-0.15, -0.1) is 0 Å². The Bertz CT molecular complexity index is 401. The van der Waals surface area contributed by atoms with Crippen LogP contribution in [-0.4, -0.2) is 17.3 Å². The molecule has 0 fully saturated rings. The molecule has 0 spiro atoms. The van der Waals surface area contributed by atoms with Crippen molar-refractivity contribution in [2.24, 2.45) is 5.92 Å². The highest BCUT2D eigenvalue weighted by Crippen LogP contribution is 2.19. The average Bonchev–Trinajstić information content (AvgIpc) is 2.40. The number of nitrogens with one attached hydrogen (secondary N) is 1. The van der Waals surface area contributed by atoms with Gasteiger partial charge in [0.2, 0.25) is 5.91 Å². The number of hydrogen-bond acceptors (Lipinski definition) is 1. The molecule has 0 aliphatic rings. The van der Waals surface area contributed by atoms with Gasteiger partial charge >= 0.3 is 0 Å². The molecule has 1 rings (SSSR count). The van der Waals surface area contributed by atoms with E-state index in [2.05, 4.69) is 35.1 Å². The largest absolute Gasteiger partial charge is 0.355 e. The molecule has 0 aromatic heterocycles. The van der Waals surface area contributed by atoms with E-state index in [0.717, 1.165) is 18.4 Å². The zero-order valence-corrected chi connectivity index (χ0v) is 13.7. The van der Waals surface area contributed by atoms with E-state index in [1.807, 2.05) is 31.2 Å². The van der Waals surface area contributed by atoms with Gasteiger partial charge in [0.15, 0.2) is 0 Å². The van der Waals surface area contributed by atoms with Crippen LogP contribution in [0.5, 0.6) is 0 Å². The monoisotopic (exact) mass is 325 g/mol. The van der Waals surface area contributed by atoms with Crippen molar-refractivity contribution >= 4 is 21.8 Å². The molecule has 3 heteroatoms. The summed E-state index contributed by atoms with van der Waals surface area (Å²) in [5, 5.41) is 3.02. The summed E-state index contributed by atoms with van der Waals surface area (Å²) in [4.78, 5) is 12.3. The van der Waals surface area contributed by atoms with Crippen LogP contribution in [0.15, 0.2) is 24.3 Å². The SMILES string of the molecule is CCC(CC)C(Br)CNC(=O)Cc1ccccc1C. The van der Waals surface area contributed by atoms with Gasteiger partial charge in [-0.2, -0.15) is 0 Å². The Labute approximate surface area is 125 Å². The minimum absolute atomic E-state index is 0.102. The third-order valence-electron chi connectivity index (χ3n) is 3.67. The van der Waals surface area contributed by atoms with Crippen LogP contribution in [0.2, 0.25) is 0 Å². The lowest BCUT2D eigenvalue weighted by Gasteiger charge is -2.20. The number of rotatable bonds is 7. The van der Waals surface area contributed by atoms with Crippen molar-refractivity contribution < 1.29 is 4.79 Å².